The van der Waals surface area contributed by atoms with Crippen LogP contribution in [0.5, 0.6) is 0 Å². The smallest absolute Gasteiger partial charge is 0.251 e. The van der Waals surface area contributed by atoms with Crippen molar-refractivity contribution in [2.45, 2.75) is 18.2 Å². The number of likely N-dealkylation sites (N-methyl/N-ethyl adjacent to an activating group) is 1. The Morgan fingerprint density at radius 1 is 1.10 bits per heavy atom. The van der Waals surface area contributed by atoms with E-state index in [-0.39, 0.29) is 11.7 Å². The van der Waals surface area contributed by atoms with Crippen LogP contribution in [0.2, 0.25) is 0 Å². The van der Waals surface area contributed by atoms with E-state index in [1.54, 1.807) is 24.3 Å². The molecule has 3 rings (SSSR count). The highest BCUT2D eigenvalue weighted by Crippen LogP contribution is 2.24. The summed E-state index contributed by atoms with van der Waals surface area (Å²) in [6.45, 7) is 4.56. The molecule has 1 aliphatic rings. The monoisotopic (exact) mass is 429 g/mol. The van der Waals surface area contributed by atoms with Crippen molar-refractivity contribution in [3.05, 3.63) is 71.3 Å². The highest BCUT2D eigenvalue weighted by Gasteiger charge is 2.25. The largest absolute Gasteiger partial charge is 0.352 e. The van der Waals surface area contributed by atoms with Gasteiger partial charge >= 0.3 is 0 Å². The van der Waals surface area contributed by atoms with Crippen LogP contribution < -0.4 is 5.32 Å². The molecule has 1 fully saturated rings. The standard InChI is InChI=1S/C23H31N3O3S/c1-25-14-15-26(22(17-25)20-9-4-3-5-10-20)13-7-12-24-23(27)21-11-6-8-19(16-21)18-30(2,28)29/h3-6,8-11,16,22H,7,12-15,17-18H2,1-2H3,(H,24,27). The maximum Gasteiger partial charge on any atom is 0.251 e. The lowest BCUT2D eigenvalue weighted by molar-refractivity contribution is 0.0865. The van der Waals surface area contributed by atoms with Crippen LogP contribution in [-0.2, 0) is 15.6 Å². The van der Waals surface area contributed by atoms with Crippen LogP contribution in [0.25, 0.3) is 0 Å². The van der Waals surface area contributed by atoms with Gasteiger partial charge in [-0.2, -0.15) is 0 Å². The van der Waals surface area contributed by atoms with Crippen LogP contribution in [0.15, 0.2) is 54.6 Å². The molecule has 6 nitrogen and oxygen atoms in total. The van der Waals surface area contributed by atoms with Gasteiger partial charge in [0.15, 0.2) is 9.84 Å². The summed E-state index contributed by atoms with van der Waals surface area (Å²) in [4.78, 5) is 17.3. The molecule has 0 spiro atoms. The molecule has 2 aromatic rings. The van der Waals surface area contributed by atoms with Gasteiger partial charge < -0.3 is 10.2 Å². The van der Waals surface area contributed by atoms with E-state index < -0.39 is 9.84 Å². The average Bonchev–Trinajstić information content (AvgIpc) is 2.71. The van der Waals surface area contributed by atoms with Crippen molar-refractivity contribution in [1.29, 1.82) is 0 Å². The Morgan fingerprint density at radius 3 is 2.60 bits per heavy atom. The number of piperazine rings is 1. The van der Waals surface area contributed by atoms with Crippen LogP contribution in [0.1, 0.15) is 33.9 Å². The molecule has 162 valence electrons. The summed E-state index contributed by atoms with van der Waals surface area (Å²) in [5.74, 6) is -0.221. The summed E-state index contributed by atoms with van der Waals surface area (Å²) in [5, 5.41) is 2.97. The third-order valence-corrected chi connectivity index (χ3v) is 6.26. The SMILES string of the molecule is CN1CCN(CCCNC(=O)c2cccc(CS(C)(=O)=O)c2)C(c2ccccc2)C1. The molecule has 0 aliphatic carbocycles. The summed E-state index contributed by atoms with van der Waals surface area (Å²) in [5.41, 5.74) is 2.46. The van der Waals surface area contributed by atoms with Crippen molar-refractivity contribution in [3.63, 3.8) is 0 Å². The lowest BCUT2D eigenvalue weighted by atomic mass is 10.0. The predicted molar refractivity (Wildman–Crippen MR) is 120 cm³/mol. The number of nitrogens with one attached hydrogen (secondary N) is 1. The molecule has 1 saturated heterocycles. The quantitative estimate of drug-likeness (QED) is 0.653. The molecule has 0 saturated carbocycles. The van der Waals surface area contributed by atoms with E-state index in [0.717, 1.165) is 32.6 Å². The number of hydrogen-bond donors (Lipinski definition) is 1. The topological polar surface area (TPSA) is 69.7 Å². The van der Waals surface area contributed by atoms with Gasteiger partial charge in [0.25, 0.3) is 5.91 Å². The fourth-order valence-electron chi connectivity index (χ4n) is 3.91. The maximum atomic E-state index is 12.5. The van der Waals surface area contributed by atoms with Gasteiger partial charge in [-0.05, 0) is 36.7 Å². The van der Waals surface area contributed by atoms with Crippen LogP contribution in [-0.4, -0.2) is 70.2 Å². The summed E-state index contributed by atoms with van der Waals surface area (Å²) in [7, 11) is -0.968. The number of benzene rings is 2. The molecular formula is C23H31N3O3S. The number of sulfone groups is 1. The predicted octanol–water partition coefficient (Wildman–Crippen LogP) is 2.34. The highest BCUT2D eigenvalue weighted by atomic mass is 32.2. The Kier molecular flexibility index (Phi) is 7.64. The maximum absolute atomic E-state index is 12.5. The van der Waals surface area contributed by atoms with Crippen molar-refractivity contribution in [1.82, 2.24) is 15.1 Å². The van der Waals surface area contributed by atoms with Crippen molar-refractivity contribution in [3.8, 4) is 0 Å². The minimum Gasteiger partial charge on any atom is -0.352 e. The second-order valence-corrected chi connectivity index (χ2v) is 10.2. The third-order valence-electron chi connectivity index (χ3n) is 5.40. The van der Waals surface area contributed by atoms with Gasteiger partial charge in [0, 0.05) is 50.6 Å². The Labute approximate surface area is 179 Å². The van der Waals surface area contributed by atoms with Gasteiger partial charge in [0.05, 0.1) is 5.75 Å². The molecule has 1 heterocycles. The minimum atomic E-state index is -3.13. The van der Waals surface area contributed by atoms with Crippen molar-refractivity contribution < 1.29 is 13.2 Å². The Hall–Kier alpha value is -2.22. The van der Waals surface area contributed by atoms with Crippen molar-refractivity contribution in [2.24, 2.45) is 0 Å². The molecule has 7 heteroatoms. The second kappa shape index (κ2) is 10.2. The highest BCUT2D eigenvalue weighted by molar-refractivity contribution is 7.89. The van der Waals surface area contributed by atoms with E-state index >= 15 is 0 Å². The van der Waals surface area contributed by atoms with Crippen LogP contribution in [0.3, 0.4) is 0 Å². The molecule has 0 aromatic heterocycles. The first kappa shape index (κ1) is 22.5. The first-order valence-corrected chi connectivity index (χ1v) is 12.4. The molecule has 1 atom stereocenters. The van der Waals surface area contributed by atoms with Gasteiger partial charge in [0.2, 0.25) is 0 Å². The van der Waals surface area contributed by atoms with E-state index in [1.165, 1.54) is 11.8 Å². The van der Waals surface area contributed by atoms with E-state index in [1.807, 2.05) is 6.07 Å². The number of hydrogen-bond acceptors (Lipinski definition) is 5. The number of carbonyl (C=O) groups excluding carboxylic acids is 1. The molecule has 0 bridgehead atoms. The van der Waals surface area contributed by atoms with Crippen molar-refractivity contribution >= 4 is 15.7 Å². The van der Waals surface area contributed by atoms with Gasteiger partial charge in [-0.1, -0.05) is 42.5 Å². The lowest BCUT2D eigenvalue weighted by Gasteiger charge is -2.40. The Balaban J connectivity index is 1.51. The Bertz CT molecular complexity index is 947. The third kappa shape index (κ3) is 6.65. The fraction of sp³-hybridized carbons (Fsp3) is 0.435. The van der Waals surface area contributed by atoms with E-state index in [2.05, 4.69) is 46.4 Å². The zero-order valence-corrected chi connectivity index (χ0v) is 18.6. The molecular weight excluding hydrogens is 398 g/mol. The molecule has 1 unspecified atom stereocenters. The van der Waals surface area contributed by atoms with E-state index in [9.17, 15) is 13.2 Å². The first-order chi connectivity index (χ1) is 14.3. The first-order valence-electron chi connectivity index (χ1n) is 10.3. The molecule has 1 amide bonds. The molecule has 1 aliphatic heterocycles. The molecule has 1 N–H and O–H groups in total. The number of amides is 1. The fourth-order valence-corrected chi connectivity index (χ4v) is 4.69. The zero-order chi connectivity index (χ0) is 21.6. The summed E-state index contributed by atoms with van der Waals surface area (Å²) < 4.78 is 23.0. The Morgan fingerprint density at radius 2 is 1.87 bits per heavy atom. The summed E-state index contributed by atoms with van der Waals surface area (Å²) in [6, 6.07) is 17.8. The van der Waals surface area contributed by atoms with E-state index in [4.69, 9.17) is 0 Å². The normalized spacial score (nSPS) is 18.3. The van der Waals surface area contributed by atoms with E-state index in [0.29, 0.717) is 23.7 Å². The van der Waals surface area contributed by atoms with Crippen LogP contribution in [0.4, 0.5) is 0 Å². The van der Waals surface area contributed by atoms with Crippen LogP contribution in [0, 0.1) is 0 Å². The van der Waals surface area contributed by atoms with Gasteiger partial charge in [-0.15, -0.1) is 0 Å². The van der Waals surface area contributed by atoms with Gasteiger partial charge in [-0.25, -0.2) is 8.42 Å². The number of carbonyl (C=O) groups is 1. The molecule has 0 radical (unpaired) electrons. The number of nitrogens with zero attached hydrogens (tertiary/aromatic N) is 2. The summed E-state index contributed by atoms with van der Waals surface area (Å²) >= 11 is 0. The average molecular weight is 430 g/mol. The van der Waals surface area contributed by atoms with Gasteiger partial charge in [0.1, 0.15) is 0 Å². The van der Waals surface area contributed by atoms with Crippen molar-refractivity contribution in [2.75, 3.05) is 46.0 Å². The molecule has 2 aromatic carbocycles. The minimum absolute atomic E-state index is 0.0571. The zero-order valence-electron chi connectivity index (χ0n) is 17.8. The van der Waals surface area contributed by atoms with Gasteiger partial charge in [-0.3, -0.25) is 9.69 Å². The second-order valence-electron chi connectivity index (χ2n) is 8.10. The lowest BCUT2D eigenvalue weighted by Crippen LogP contribution is -2.47. The summed E-state index contributed by atoms with van der Waals surface area (Å²) in [6.07, 6.45) is 2.06. The molecule has 30 heavy (non-hydrogen) atoms. The number of rotatable bonds is 8. The van der Waals surface area contributed by atoms with Crippen LogP contribution >= 0.6 is 0 Å².